The number of hydrogen-bond acceptors (Lipinski definition) is 3. The number of carbonyl (C=O) groups excluding carboxylic acids is 2. The van der Waals surface area contributed by atoms with Crippen molar-refractivity contribution in [2.75, 3.05) is 5.32 Å². The molecule has 0 aliphatic heterocycles. The molecule has 0 radical (unpaired) electrons. The molecule has 2 N–H and O–H groups in total. The second kappa shape index (κ2) is 6.89. The van der Waals surface area contributed by atoms with E-state index in [2.05, 4.69) is 5.32 Å². The van der Waals surface area contributed by atoms with Crippen LogP contribution >= 0.6 is 0 Å². The zero-order valence-electron chi connectivity index (χ0n) is 12.7. The summed E-state index contributed by atoms with van der Waals surface area (Å²) in [5.41, 5.74) is 3.14. The van der Waals surface area contributed by atoms with Gasteiger partial charge in [-0.2, -0.15) is 0 Å². The molecule has 0 atom stereocenters. The van der Waals surface area contributed by atoms with Crippen molar-refractivity contribution < 1.29 is 14.7 Å². The molecule has 4 heteroatoms. The van der Waals surface area contributed by atoms with Crippen LogP contribution in [0.4, 0.5) is 5.69 Å². The van der Waals surface area contributed by atoms with Crippen LogP contribution in [-0.2, 0) is 4.79 Å². The normalized spacial score (nSPS) is 10.3. The van der Waals surface area contributed by atoms with Gasteiger partial charge in [0.1, 0.15) is 5.75 Å². The predicted molar refractivity (Wildman–Crippen MR) is 86.2 cm³/mol. The highest BCUT2D eigenvalue weighted by molar-refractivity contribution is 6.01. The molecule has 0 fully saturated rings. The van der Waals surface area contributed by atoms with Gasteiger partial charge in [0, 0.05) is 30.2 Å². The van der Waals surface area contributed by atoms with Crippen molar-refractivity contribution in [3.8, 4) is 5.75 Å². The summed E-state index contributed by atoms with van der Waals surface area (Å²) in [6.45, 7) is 3.82. The zero-order chi connectivity index (χ0) is 16.1. The minimum absolute atomic E-state index is 0.0349. The predicted octanol–water partition coefficient (Wildman–Crippen LogP) is 3.61. The van der Waals surface area contributed by atoms with Crippen LogP contribution in [0, 0.1) is 13.8 Å². The quantitative estimate of drug-likeness (QED) is 0.828. The summed E-state index contributed by atoms with van der Waals surface area (Å²) in [5.74, 6) is -0.194. The number of Topliss-reactive ketones (excluding diaryl/α,β-unsaturated/α-hetero) is 1. The Morgan fingerprint density at radius 3 is 2.55 bits per heavy atom. The maximum absolute atomic E-state index is 12.2. The van der Waals surface area contributed by atoms with E-state index in [-0.39, 0.29) is 30.3 Å². The van der Waals surface area contributed by atoms with Crippen LogP contribution in [0.5, 0.6) is 5.75 Å². The van der Waals surface area contributed by atoms with E-state index in [1.807, 2.05) is 32.0 Å². The third kappa shape index (κ3) is 4.19. The van der Waals surface area contributed by atoms with Gasteiger partial charge in [-0.3, -0.25) is 9.59 Å². The van der Waals surface area contributed by atoms with Gasteiger partial charge in [-0.05, 0) is 37.6 Å². The molecule has 4 nitrogen and oxygen atoms in total. The molecule has 0 aliphatic rings. The molecular weight excluding hydrogens is 278 g/mol. The number of nitrogens with one attached hydrogen (secondary N) is 1. The molecule has 0 saturated carbocycles. The number of aromatic hydroxyl groups is 1. The second-order valence-electron chi connectivity index (χ2n) is 5.34. The minimum Gasteiger partial charge on any atom is -0.508 e. The monoisotopic (exact) mass is 297 g/mol. The Bertz CT molecular complexity index is 707. The molecule has 0 unspecified atom stereocenters. The van der Waals surface area contributed by atoms with E-state index in [1.54, 1.807) is 12.1 Å². The number of amides is 1. The standard InChI is InChI=1S/C18H19NO3/c1-12-6-7-13(2)16(10-12)17(21)8-9-18(22)19-14-4-3-5-15(20)11-14/h3-7,10-11,20H,8-9H2,1-2H3,(H,19,22). The SMILES string of the molecule is Cc1ccc(C)c(C(=O)CCC(=O)Nc2cccc(O)c2)c1. The first kappa shape index (κ1) is 15.8. The van der Waals surface area contributed by atoms with Crippen LogP contribution in [0.1, 0.15) is 34.3 Å². The zero-order valence-corrected chi connectivity index (χ0v) is 12.7. The van der Waals surface area contributed by atoms with E-state index in [1.165, 1.54) is 12.1 Å². The van der Waals surface area contributed by atoms with E-state index >= 15 is 0 Å². The Morgan fingerprint density at radius 1 is 1.05 bits per heavy atom. The lowest BCUT2D eigenvalue weighted by molar-refractivity contribution is -0.116. The molecule has 0 aromatic heterocycles. The first-order chi connectivity index (χ1) is 10.5. The summed E-state index contributed by atoms with van der Waals surface area (Å²) in [6, 6.07) is 12.0. The van der Waals surface area contributed by atoms with Gasteiger partial charge in [-0.15, -0.1) is 0 Å². The lowest BCUT2D eigenvalue weighted by Crippen LogP contribution is -2.14. The van der Waals surface area contributed by atoms with Gasteiger partial charge in [0.25, 0.3) is 0 Å². The van der Waals surface area contributed by atoms with E-state index in [9.17, 15) is 14.7 Å². The van der Waals surface area contributed by atoms with Crippen molar-refractivity contribution in [2.45, 2.75) is 26.7 Å². The van der Waals surface area contributed by atoms with Crippen molar-refractivity contribution in [3.05, 3.63) is 59.2 Å². The van der Waals surface area contributed by atoms with Gasteiger partial charge in [0.15, 0.2) is 5.78 Å². The van der Waals surface area contributed by atoms with Crippen LogP contribution in [-0.4, -0.2) is 16.8 Å². The van der Waals surface area contributed by atoms with E-state index in [0.717, 1.165) is 11.1 Å². The van der Waals surface area contributed by atoms with Crippen LogP contribution in [0.25, 0.3) is 0 Å². The van der Waals surface area contributed by atoms with Gasteiger partial charge >= 0.3 is 0 Å². The van der Waals surface area contributed by atoms with E-state index in [0.29, 0.717) is 11.3 Å². The number of anilines is 1. The molecule has 114 valence electrons. The Morgan fingerprint density at radius 2 is 1.82 bits per heavy atom. The summed E-state index contributed by atoms with van der Waals surface area (Å²) >= 11 is 0. The van der Waals surface area contributed by atoms with Crippen molar-refractivity contribution in [2.24, 2.45) is 0 Å². The first-order valence-electron chi connectivity index (χ1n) is 7.15. The van der Waals surface area contributed by atoms with E-state index in [4.69, 9.17) is 0 Å². The fourth-order valence-electron chi connectivity index (χ4n) is 2.21. The average Bonchev–Trinajstić information content (AvgIpc) is 2.47. The van der Waals surface area contributed by atoms with Gasteiger partial charge in [-0.25, -0.2) is 0 Å². The topological polar surface area (TPSA) is 66.4 Å². The lowest BCUT2D eigenvalue weighted by Gasteiger charge is -2.07. The number of benzene rings is 2. The lowest BCUT2D eigenvalue weighted by atomic mass is 9.99. The van der Waals surface area contributed by atoms with Crippen molar-refractivity contribution >= 4 is 17.4 Å². The molecular formula is C18H19NO3. The maximum atomic E-state index is 12.2. The number of phenols is 1. The molecule has 22 heavy (non-hydrogen) atoms. The summed E-state index contributed by atoms with van der Waals surface area (Å²) in [5, 5.41) is 12.0. The average molecular weight is 297 g/mol. The van der Waals surface area contributed by atoms with Crippen LogP contribution in [0.15, 0.2) is 42.5 Å². The van der Waals surface area contributed by atoms with Gasteiger partial charge < -0.3 is 10.4 Å². The summed E-state index contributed by atoms with van der Waals surface area (Å²) < 4.78 is 0. The number of aryl methyl sites for hydroxylation is 2. The molecule has 0 heterocycles. The molecule has 1 amide bonds. The summed E-state index contributed by atoms with van der Waals surface area (Å²) in [6.07, 6.45) is 0.275. The first-order valence-corrected chi connectivity index (χ1v) is 7.15. The largest absolute Gasteiger partial charge is 0.508 e. The Labute approximate surface area is 129 Å². The third-order valence-corrected chi connectivity index (χ3v) is 3.40. The Kier molecular flexibility index (Phi) is 4.94. The molecule has 0 bridgehead atoms. The van der Waals surface area contributed by atoms with Crippen LogP contribution < -0.4 is 5.32 Å². The minimum atomic E-state index is -0.246. The summed E-state index contributed by atoms with van der Waals surface area (Å²) in [7, 11) is 0. The van der Waals surface area contributed by atoms with Crippen molar-refractivity contribution in [1.29, 1.82) is 0 Å². The highest BCUT2D eigenvalue weighted by Crippen LogP contribution is 2.17. The van der Waals surface area contributed by atoms with E-state index < -0.39 is 0 Å². The number of hydrogen-bond donors (Lipinski definition) is 2. The highest BCUT2D eigenvalue weighted by atomic mass is 16.3. The summed E-state index contributed by atoms with van der Waals surface area (Å²) in [4.78, 5) is 24.1. The molecule has 0 spiro atoms. The third-order valence-electron chi connectivity index (χ3n) is 3.40. The van der Waals surface area contributed by atoms with Crippen molar-refractivity contribution in [3.63, 3.8) is 0 Å². The highest BCUT2D eigenvalue weighted by Gasteiger charge is 2.12. The molecule has 2 aromatic carbocycles. The molecule has 0 saturated heterocycles. The Balaban J connectivity index is 1.93. The fraction of sp³-hybridized carbons (Fsp3) is 0.222. The fourth-order valence-corrected chi connectivity index (χ4v) is 2.21. The number of ketones is 1. The van der Waals surface area contributed by atoms with Gasteiger partial charge in [-0.1, -0.05) is 23.8 Å². The molecule has 0 aliphatic carbocycles. The number of phenolic OH excluding ortho intramolecular Hbond substituents is 1. The van der Waals surface area contributed by atoms with Crippen LogP contribution in [0.3, 0.4) is 0 Å². The molecule has 2 rings (SSSR count). The Hall–Kier alpha value is -2.62. The number of rotatable bonds is 5. The van der Waals surface area contributed by atoms with Crippen molar-refractivity contribution in [1.82, 2.24) is 0 Å². The van der Waals surface area contributed by atoms with Gasteiger partial charge in [0.2, 0.25) is 5.91 Å². The van der Waals surface area contributed by atoms with Crippen LogP contribution in [0.2, 0.25) is 0 Å². The molecule has 2 aromatic rings. The second-order valence-corrected chi connectivity index (χ2v) is 5.34. The maximum Gasteiger partial charge on any atom is 0.224 e. The number of carbonyl (C=O) groups is 2. The smallest absolute Gasteiger partial charge is 0.224 e. The van der Waals surface area contributed by atoms with Gasteiger partial charge in [0.05, 0.1) is 0 Å².